The van der Waals surface area contributed by atoms with Crippen LogP contribution in [0.2, 0.25) is 0 Å². The van der Waals surface area contributed by atoms with Gasteiger partial charge in [-0.15, -0.1) is 0 Å². The van der Waals surface area contributed by atoms with Crippen molar-refractivity contribution in [1.29, 1.82) is 0 Å². The highest BCUT2D eigenvalue weighted by molar-refractivity contribution is 6.04. The fourth-order valence-electron chi connectivity index (χ4n) is 2.36. The van der Waals surface area contributed by atoms with Gasteiger partial charge in [0.05, 0.1) is 6.61 Å². The van der Waals surface area contributed by atoms with E-state index in [4.69, 9.17) is 4.74 Å². The lowest BCUT2D eigenvalue weighted by molar-refractivity contribution is 0.0953. The Morgan fingerprint density at radius 2 is 1.52 bits per heavy atom. The van der Waals surface area contributed by atoms with Crippen LogP contribution in [-0.4, -0.2) is 25.0 Å². The molecule has 0 aliphatic heterocycles. The smallest absolute Gasteiger partial charge is 0.255 e. The minimum absolute atomic E-state index is 0.109. The maximum absolute atomic E-state index is 12.4. The highest BCUT2D eigenvalue weighted by Gasteiger charge is 2.08. The topological polar surface area (TPSA) is 67.4 Å². The van der Waals surface area contributed by atoms with Gasteiger partial charge in [0.2, 0.25) is 0 Å². The van der Waals surface area contributed by atoms with E-state index in [1.807, 2.05) is 6.92 Å². The summed E-state index contributed by atoms with van der Waals surface area (Å²) in [5.74, 6) is 1.04. The number of hydrogen-bond acceptors (Lipinski definition) is 3. The zero-order valence-corrected chi connectivity index (χ0v) is 16.2. The Kier molecular flexibility index (Phi) is 7.86. The zero-order valence-electron chi connectivity index (χ0n) is 16.2. The number of hydrogen-bond donors (Lipinski definition) is 2. The molecule has 0 heterocycles. The minimum Gasteiger partial charge on any atom is -0.494 e. The third-order valence-electron chi connectivity index (χ3n) is 4.02. The van der Waals surface area contributed by atoms with Gasteiger partial charge in [-0.1, -0.05) is 20.8 Å². The first-order valence-corrected chi connectivity index (χ1v) is 9.42. The molecule has 0 aliphatic rings. The van der Waals surface area contributed by atoms with Gasteiger partial charge in [0, 0.05) is 23.4 Å². The molecular weight excluding hydrogens is 340 g/mol. The predicted octanol–water partition coefficient (Wildman–Crippen LogP) is 4.50. The number of ether oxygens (including phenoxy) is 1. The molecule has 0 radical (unpaired) electrons. The lowest BCUT2D eigenvalue weighted by atomic mass is 10.1. The van der Waals surface area contributed by atoms with Gasteiger partial charge in [-0.3, -0.25) is 9.59 Å². The van der Waals surface area contributed by atoms with E-state index < -0.39 is 0 Å². The van der Waals surface area contributed by atoms with Gasteiger partial charge in [0.1, 0.15) is 5.75 Å². The van der Waals surface area contributed by atoms with E-state index in [0.717, 1.165) is 18.6 Å². The van der Waals surface area contributed by atoms with Gasteiger partial charge in [0.15, 0.2) is 0 Å². The van der Waals surface area contributed by atoms with Gasteiger partial charge < -0.3 is 15.4 Å². The summed E-state index contributed by atoms with van der Waals surface area (Å²) in [7, 11) is 0. The van der Waals surface area contributed by atoms with E-state index in [1.54, 1.807) is 48.5 Å². The summed E-state index contributed by atoms with van der Waals surface area (Å²) in [6.07, 6.45) is 1.89. The molecule has 0 atom stereocenters. The summed E-state index contributed by atoms with van der Waals surface area (Å²) < 4.78 is 5.66. The molecule has 0 fully saturated rings. The van der Waals surface area contributed by atoms with Crippen molar-refractivity contribution in [2.45, 2.75) is 33.6 Å². The van der Waals surface area contributed by atoms with Crippen molar-refractivity contribution in [3.8, 4) is 5.75 Å². The molecule has 0 unspecified atom stereocenters. The molecule has 5 heteroatoms. The van der Waals surface area contributed by atoms with Crippen LogP contribution in [0.25, 0.3) is 0 Å². The van der Waals surface area contributed by atoms with Gasteiger partial charge in [-0.25, -0.2) is 0 Å². The average molecular weight is 368 g/mol. The van der Waals surface area contributed by atoms with Crippen LogP contribution in [0, 0.1) is 5.92 Å². The Hall–Kier alpha value is -2.82. The fraction of sp³-hybridized carbons (Fsp3) is 0.364. The molecule has 27 heavy (non-hydrogen) atoms. The van der Waals surface area contributed by atoms with E-state index in [1.165, 1.54) is 0 Å². The first-order valence-electron chi connectivity index (χ1n) is 9.42. The Labute approximate surface area is 161 Å². The number of anilines is 1. The summed E-state index contributed by atoms with van der Waals surface area (Å²) in [5.41, 5.74) is 1.77. The standard InChI is InChI=1S/C22H28N2O3/c1-4-14-23-21(25)17-5-9-19(10-6-17)24-22(26)18-7-11-20(12-8-18)27-15-13-16(2)3/h5-12,16H,4,13-15H2,1-3H3,(H,23,25)(H,24,26). The molecule has 2 aromatic rings. The summed E-state index contributed by atoms with van der Waals surface area (Å²) in [6.45, 7) is 7.63. The molecule has 5 nitrogen and oxygen atoms in total. The Morgan fingerprint density at radius 1 is 0.926 bits per heavy atom. The Balaban J connectivity index is 1.89. The van der Waals surface area contributed by atoms with Crippen LogP contribution in [0.3, 0.4) is 0 Å². The number of carbonyl (C=O) groups is 2. The molecule has 0 saturated carbocycles. The summed E-state index contributed by atoms with van der Waals surface area (Å²) in [5, 5.41) is 5.66. The largest absolute Gasteiger partial charge is 0.494 e. The van der Waals surface area contributed by atoms with Gasteiger partial charge in [0.25, 0.3) is 11.8 Å². The summed E-state index contributed by atoms with van der Waals surface area (Å²) >= 11 is 0. The van der Waals surface area contributed by atoms with Crippen LogP contribution in [0.4, 0.5) is 5.69 Å². The van der Waals surface area contributed by atoms with Crippen molar-refractivity contribution in [2.24, 2.45) is 5.92 Å². The SMILES string of the molecule is CCCNC(=O)c1ccc(NC(=O)c2ccc(OCCC(C)C)cc2)cc1. The molecule has 2 N–H and O–H groups in total. The monoisotopic (exact) mass is 368 g/mol. The van der Waals surface area contributed by atoms with Crippen molar-refractivity contribution in [2.75, 3.05) is 18.5 Å². The van der Waals surface area contributed by atoms with Crippen LogP contribution in [0.5, 0.6) is 5.75 Å². The molecule has 144 valence electrons. The van der Waals surface area contributed by atoms with Crippen molar-refractivity contribution < 1.29 is 14.3 Å². The first kappa shape index (κ1) is 20.5. The van der Waals surface area contributed by atoms with Crippen molar-refractivity contribution in [3.05, 3.63) is 59.7 Å². The van der Waals surface area contributed by atoms with E-state index in [0.29, 0.717) is 35.9 Å². The van der Waals surface area contributed by atoms with Crippen LogP contribution < -0.4 is 15.4 Å². The van der Waals surface area contributed by atoms with Crippen molar-refractivity contribution in [3.63, 3.8) is 0 Å². The molecule has 0 aromatic heterocycles. The molecular formula is C22H28N2O3. The number of benzene rings is 2. The molecule has 2 aromatic carbocycles. The lowest BCUT2D eigenvalue weighted by Crippen LogP contribution is -2.23. The highest BCUT2D eigenvalue weighted by Crippen LogP contribution is 2.16. The van der Waals surface area contributed by atoms with Crippen LogP contribution in [0.15, 0.2) is 48.5 Å². The number of rotatable bonds is 9. The minimum atomic E-state index is -0.202. The maximum Gasteiger partial charge on any atom is 0.255 e. The van der Waals surface area contributed by atoms with Gasteiger partial charge in [-0.05, 0) is 67.3 Å². The number of amides is 2. The molecule has 2 rings (SSSR count). The Bertz CT molecular complexity index is 737. The average Bonchev–Trinajstić information content (AvgIpc) is 2.67. The van der Waals surface area contributed by atoms with Crippen LogP contribution >= 0.6 is 0 Å². The van der Waals surface area contributed by atoms with Crippen molar-refractivity contribution in [1.82, 2.24) is 5.32 Å². The third-order valence-corrected chi connectivity index (χ3v) is 4.02. The lowest BCUT2D eigenvalue weighted by Gasteiger charge is -2.09. The summed E-state index contributed by atoms with van der Waals surface area (Å²) in [6, 6.07) is 13.9. The molecule has 0 saturated heterocycles. The highest BCUT2D eigenvalue weighted by atomic mass is 16.5. The molecule has 0 spiro atoms. The van der Waals surface area contributed by atoms with E-state index in [2.05, 4.69) is 24.5 Å². The first-order chi connectivity index (χ1) is 13.0. The molecule has 0 bridgehead atoms. The maximum atomic E-state index is 12.4. The molecule has 2 amide bonds. The predicted molar refractivity (Wildman–Crippen MR) is 108 cm³/mol. The zero-order chi connectivity index (χ0) is 19.6. The van der Waals surface area contributed by atoms with E-state index in [-0.39, 0.29) is 11.8 Å². The number of carbonyl (C=O) groups excluding carboxylic acids is 2. The second kappa shape index (κ2) is 10.4. The third kappa shape index (κ3) is 6.77. The fourth-order valence-corrected chi connectivity index (χ4v) is 2.36. The van der Waals surface area contributed by atoms with Crippen LogP contribution in [0.1, 0.15) is 54.3 Å². The second-order valence-electron chi connectivity index (χ2n) is 6.84. The summed E-state index contributed by atoms with van der Waals surface area (Å²) in [4.78, 5) is 24.3. The van der Waals surface area contributed by atoms with E-state index >= 15 is 0 Å². The molecule has 0 aliphatic carbocycles. The Morgan fingerprint density at radius 3 is 2.11 bits per heavy atom. The number of nitrogens with one attached hydrogen (secondary N) is 2. The van der Waals surface area contributed by atoms with E-state index in [9.17, 15) is 9.59 Å². The quantitative estimate of drug-likeness (QED) is 0.685. The normalized spacial score (nSPS) is 10.5. The van der Waals surface area contributed by atoms with Crippen molar-refractivity contribution >= 4 is 17.5 Å². The van der Waals surface area contributed by atoms with Gasteiger partial charge >= 0.3 is 0 Å². The van der Waals surface area contributed by atoms with Crippen LogP contribution in [-0.2, 0) is 0 Å². The van der Waals surface area contributed by atoms with Gasteiger partial charge in [-0.2, -0.15) is 0 Å². The second-order valence-corrected chi connectivity index (χ2v) is 6.84.